The SMILES string of the molecule is CCC1CCCCC1NC1CCCCC1C1CCCCN1. The molecule has 1 saturated heterocycles. The molecule has 0 spiro atoms. The van der Waals surface area contributed by atoms with Gasteiger partial charge in [-0.15, -0.1) is 0 Å². The summed E-state index contributed by atoms with van der Waals surface area (Å²) in [5, 5.41) is 8.01. The minimum absolute atomic E-state index is 0.798. The van der Waals surface area contributed by atoms with Crippen molar-refractivity contribution in [3.05, 3.63) is 0 Å². The quantitative estimate of drug-likeness (QED) is 0.809. The summed E-state index contributed by atoms with van der Waals surface area (Å²) in [6.07, 6.45) is 17.2. The van der Waals surface area contributed by atoms with Gasteiger partial charge in [0, 0.05) is 18.1 Å². The van der Waals surface area contributed by atoms with Gasteiger partial charge >= 0.3 is 0 Å². The van der Waals surface area contributed by atoms with Crippen LogP contribution in [-0.4, -0.2) is 24.7 Å². The molecule has 2 heteroatoms. The van der Waals surface area contributed by atoms with Crippen LogP contribution >= 0.6 is 0 Å². The Morgan fingerprint density at radius 3 is 2.29 bits per heavy atom. The van der Waals surface area contributed by atoms with E-state index in [0.29, 0.717) is 0 Å². The molecule has 2 saturated carbocycles. The molecule has 3 aliphatic rings. The van der Waals surface area contributed by atoms with Gasteiger partial charge in [-0.1, -0.05) is 45.4 Å². The van der Waals surface area contributed by atoms with Crippen molar-refractivity contribution in [2.75, 3.05) is 6.54 Å². The van der Waals surface area contributed by atoms with Crippen LogP contribution in [0.2, 0.25) is 0 Å². The molecule has 3 rings (SSSR count). The van der Waals surface area contributed by atoms with Crippen LogP contribution in [0.4, 0.5) is 0 Å². The summed E-state index contributed by atoms with van der Waals surface area (Å²) in [6, 6.07) is 2.42. The van der Waals surface area contributed by atoms with Crippen molar-refractivity contribution in [2.45, 2.75) is 102 Å². The second-order valence-corrected chi connectivity index (χ2v) is 7.84. The molecule has 3 fully saturated rings. The highest BCUT2D eigenvalue weighted by Gasteiger charge is 2.35. The van der Waals surface area contributed by atoms with Crippen molar-refractivity contribution in [1.82, 2.24) is 10.6 Å². The van der Waals surface area contributed by atoms with Crippen LogP contribution in [0.1, 0.15) is 84.0 Å². The third kappa shape index (κ3) is 4.01. The van der Waals surface area contributed by atoms with Crippen molar-refractivity contribution in [3.8, 4) is 0 Å². The zero-order valence-corrected chi connectivity index (χ0v) is 14.1. The first-order valence-corrected chi connectivity index (χ1v) is 9.88. The highest BCUT2D eigenvalue weighted by Crippen LogP contribution is 2.33. The second kappa shape index (κ2) is 7.97. The molecule has 1 heterocycles. The Morgan fingerprint density at radius 2 is 1.52 bits per heavy atom. The van der Waals surface area contributed by atoms with Gasteiger partial charge in [-0.25, -0.2) is 0 Å². The van der Waals surface area contributed by atoms with Gasteiger partial charge in [-0.05, 0) is 56.9 Å². The van der Waals surface area contributed by atoms with Gasteiger partial charge < -0.3 is 10.6 Å². The van der Waals surface area contributed by atoms with E-state index >= 15 is 0 Å². The standard InChI is InChI=1S/C19H36N2/c1-2-15-9-3-5-11-17(15)21-19-13-6-4-10-16(19)18-12-7-8-14-20-18/h15-21H,2-14H2,1H3. The number of piperidine rings is 1. The highest BCUT2D eigenvalue weighted by molar-refractivity contribution is 4.93. The van der Waals surface area contributed by atoms with Gasteiger partial charge in [-0.3, -0.25) is 0 Å². The lowest BCUT2D eigenvalue weighted by Crippen LogP contribution is -2.54. The summed E-state index contributed by atoms with van der Waals surface area (Å²) in [5.41, 5.74) is 0. The number of hydrogen-bond acceptors (Lipinski definition) is 2. The van der Waals surface area contributed by atoms with Crippen LogP contribution in [0.15, 0.2) is 0 Å². The molecule has 0 aromatic rings. The van der Waals surface area contributed by atoms with E-state index in [4.69, 9.17) is 0 Å². The summed E-state index contributed by atoms with van der Waals surface area (Å²) in [4.78, 5) is 0. The fourth-order valence-electron chi connectivity index (χ4n) is 5.28. The zero-order valence-electron chi connectivity index (χ0n) is 14.1. The molecule has 5 unspecified atom stereocenters. The lowest BCUT2D eigenvalue weighted by molar-refractivity contribution is 0.144. The summed E-state index contributed by atoms with van der Waals surface area (Å²) in [6.45, 7) is 3.65. The van der Waals surface area contributed by atoms with Crippen LogP contribution in [-0.2, 0) is 0 Å². The first kappa shape index (κ1) is 15.8. The number of hydrogen-bond donors (Lipinski definition) is 2. The Bertz CT molecular complexity index is 298. The average Bonchev–Trinajstić information content (AvgIpc) is 2.57. The molecule has 2 nitrogen and oxygen atoms in total. The monoisotopic (exact) mass is 292 g/mol. The Hall–Kier alpha value is -0.0800. The maximum Gasteiger partial charge on any atom is 0.0113 e. The number of rotatable bonds is 4. The zero-order chi connectivity index (χ0) is 14.5. The third-order valence-corrected chi connectivity index (χ3v) is 6.55. The fourth-order valence-corrected chi connectivity index (χ4v) is 5.28. The van der Waals surface area contributed by atoms with Gasteiger partial charge in [-0.2, -0.15) is 0 Å². The predicted octanol–water partition coefficient (Wildman–Crippen LogP) is 4.25. The smallest absolute Gasteiger partial charge is 0.0113 e. The largest absolute Gasteiger partial charge is 0.314 e. The minimum atomic E-state index is 0.798. The second-order valence-electron chi connectivity index (χ2n) is 7.84. The predicted molar refractivity (Wildman–Crippen MR) is 90.6 cm³/mol. The summed E-state index contributed by atoms with van der Waals surface area (Å²) >= 11 is 0. The van der Waals surface area contributed by atoms with E-state index in [-0.39, 0.29) is 0 Å². The molecule has 0 amide bonds. The van der Waals surface area contributed by atoms with Gasteiger partial charge in [0.2, 0.25) is 0 Å². The van der Waals surface area contributed by atoms with Crippen LogP contribution in [0.25, 0.3) is 0 Å². The molecular formula is C19H36N2. The molecule has 0 radical (unpaired) electrons. The normalized spacial score (nSPS) is 41.9. The summed E-state index contributed by atoms with van der Waals surface area (Å²) in [5.74, 6) is 1.85. The minimum Gasteiger partial charge on any atom is -0.314 e. The average molecular weight is 293 g/mol. The Balaban J connectivity index is 1.60. The first-order valence-electron chi connectivity index (χ1n) is 9.88. The molecular weight excluding hydrogens is 256 g/mol. The molecule has 2 aliphatic carbocycles. The topological polar surface area (TPSA) is 24.1 Å². The Morgan fingerprint density at radius 1 is 0.810 bits per heavy atom. The summed E-state index contributed by atoms with van der Waals surface area (Å²) < 4.78 is 0. The fraction of sp³-hybridized carbons (Fsp3) is 1.00. The molecule has 21 heavy (non-hydrogen) atoms. The van der Waals surface area contributed by atoms with Gasteiger partial charge in [0.05, 0.1) is 0 Å². The van der Waals surface area contributed by atoms with Crippen molar-refractivity contribution in [2.24, 2.45) is 11.8 Å². The van der Waals surface area contributed by atoms with Crippen molar-refractivity contribution in [3.63, 3.8) is 0 Å². The first-order chi connectivity index (χ1) is 10.4. The molecule has 1 aliphatic heterocycles. The lowest BCUT2D eigenvalue weighted by atomic mass is 9.75. The van der Waals surface area contributed by atoms with Crippen molar-refractivity contribution >= 4 is 0 Å². The van der Waals surface area contributed by atoms with E-state index < -0.39 is 0 Å². The molecule has 122 valence electrons. The number of nitrogens with one attached hydrogen (secondary N) is 2. The molecule has 5 atom stereocenters. The van der Waals surface area contributed by atoms with Crippen LogP contribution in [0.3, 0.4) is 0 Å². The van der Waals surface area contributed by atoms with Crippen molar-refractivity contribution < 1.29 is 0 Å². The van der Waals surface area contributed by atoms with Crippen LogP contribution in [0.5, 0.6) is 0 Å². The molecule has 0 bridgehead atoms. The van der Waals surface area contributed by atoms with E-state index in [0.717, 1.165) is 30.0 Å². The van der Waals surface area contributed by atoms with Crippen LogP contribution < -0.4 is 10.6 Å². The van der Waals surface area contributed by atoms with Gasteiger partial charge in [0.1, 0.15) is 0 Å². The highest BCUT2D eigenvalue weighted by atomic mass is 15.0. The van der Waals surface area contributed by atoms with Gasteiger partial charge in [0.15, 0.2) is 0 Å². The van der Waals surface area contributed by atoms with E-state index in [9.17, 15) is 0 Å². The molecule has 0 aromatic heterocycles. The lowest BCUT2D eigenvalue weighted by Gasteiger charge is -2.43. The third-order valence-electron chi connectivity index (χ3n) is 6.55. The van der Waals surface area contributed by atoms with E-state index in [1.807, 2.05) is 0 Å². The molecule has 2 N–H and O–H groups in total. The van der Waals surface area contributed by atoms with E-state index in [1.165, 1.54) is 83.6 Å². The van der Waals surface area contributed by atoms with Gasteiger partial charge in [0.25, 0.3) is 0 Å². The maximum atomic E-state index is 4.17. The van der Waals surface area contributed by atoms with E-state index in [2.05, 4.69) is 17.6 Å². The Labute approximate surface area is 131 Å². The van der Waals surface area contributed by atoms with Crippen LogP contribution in [0, 0.1) is 11.8 Å². The summed E-state index contributed by atoms with van der Waals surface area (Å²) in [7, 11) is 0. The van der Waals surface area contributed by atoms with Crippen molar-refractivity contribution in [1.29, 1.82) is 0 Å². The molecule has 0 aromatic carbocycles. The Kier molecular flexibility index (Phi) is 5.99. The van der Waals surface area contributed by atoms with E-state index in [1.54, 1.807) is 0 Å². The maximum absolute atomic E-state index is 4.17.